The Bertz CT molecular complexity index is 352. The monoisotopic (exact) mass is 230 g/mol. The number of pyridine rings is 1. The van der Waals surface area contributed by atoms with Gasteiger partial charge in [-0.1, -0.05) is 6.07 Å². The van der Waals surface area contributed by atoms with E-state index in [9.17, 15) is 4.79 Å². The first-order valence-electron chi connectivity index (χ1n) is 3.62. The second kappa shape index (κ2) is 7.88. The molecule has 88 valence electrons. The van der Waals surface area contributed by atoms with Gasteiger partial charge in [0.2, 0.25) is 0 Å². The standard InChI is InChI=1S/C6H6N2O.C2H2O4.H2O/c7-6(9)5-3-1-2-4-8-5;3-1(4)2(5)6;/h1-4H,(H2,7,9);(H,3,4)(H,5,6);1H2. The van der Waals surface area contributed by atoms with E-state index in [1.165, 1.54) is 6.20 Å². The van der Waals surface area contributed by atoms with Crippen molar-refractivity contribution in [3.05, 3.63) is 30.1 Å². The maximum absolute atomic E-state index is 10.4. The number of aliphatic carboxylic acids is 2. The van der Waals surface area contributed by atoms with Crippen LogP contribution >= 0.6 is 0 Å². The number of primary amides is 1. The van der Waals surface area contributed by atoms with Crippen molar-refractivity contribution in [1.82, 2.24) is 4.98 Å². The fourth-order valence-electron chi connectivity index (χ4n) is 0.509. The van der Waals surface area contributed by atoms with Crippen molar-refractivity contribution < 1.29 is 30.1 Å². The van der Waals surface area contributed by atoms with E-state index in [0.29, 0.717) is 5.69 Å². The van der Waals surface area contributed by atoms with Crippen LogP contribution in [-0.2, 0) is 9.59 Å². The van der Waals surface area contributed by atoms with Crippen molar-refractivity contribution in [2.24, 2.45) is 5.73 Å². The average molecular weight is 230 g/mol. The van der Waals surface area contributed by atoms with Crippen LogP contribution in [-0.4, -0.2) is 38.5 Å². The van der Waals surface area contributed by atoms with E-state index in [1.807, 2.05) is 0 Å². The molecular formula is C8H10N2O6. The van der Waals surface area contributed by atoms with Crippen LogP contribution in [0.4, 0.5) is 0 Å². The topological polar surface area (TPSA) is 162 Å². The zero-order valence-electron chi connectivity index (χ0n) is 7.95. The van der Waals surface area contributed by atoms with Gasteiger partial charge in [0.05, 0.1) is 0 Å². The van der Waals surface area contributed by atoms with Gasteiger partial charge in [0.25, 0.3) is 5.91 Å². The molecule has 0 aliphatic heterocycles. The lowest BCUT2D eigenvalue weighted by Crippen LogP contribution is -2.12. The highest BCUT2D eigenvalue weighted by atomic mass is 16.4. The molecule has 0 saturated carbocycles. The molecule has 1 heterocycles. The first kappa shape index (κ1) is 16.0. The van der Waals surface area contributed by atoms with E-state index in [0.717, 1.165) is 0 Å². The number of carboxylic acids is 2. The van der Waals surface area contributed by atoms with Crippen molar-refractivity contribution in [3.8, 4) is 0 Å². The Morgan fingerprint density at radius 2 is 1.62 bits per heavy atom. The summed E-state index contributed by atoms with van der Waals surface area (Å²) in [5.41, 5.74) is 5.22. The molecule has 0 radical (unpaired) electrons. The summed E-state index contributed by atoms with van der Waals surface area (Å²) in [6.07, 6.45) is 1.53. The number of carbonyl (C=O) groups excluding carboxylic acids is 1. The van der Waals surface area contributed by atoms with E-state index >= 15 is 0 Å². The van der Waals surface area contributed by atoms with E-state index < -0.39 is 17.8 Å². The summed E-state index contributed by atoms with van der Waals surface area (Å²) in [6.45, 7) is 0. The fraction of sp³-hybridized carbons (Fsp3) is 0. The SMILES string of the molecule is NC(=O)c1ccccn1.O.O=C(O)C(=O)O. The van der Waals surface area contributed by atoms with Gasteiger partial charge in [-0.25, -0.2) is 9.59 Å². The lowest BCUT2D eigenvalue weighted by atomic mass is 10.3. The summed E-state index contributed by atoms with van der Waals surface area (Å²) < 4.78 is 0. The normalized spacial score (nSPS) is 7.75. The number of carboxylic acid groups (broad SMARTS) is 2. The van der Waals surface area contributed by atoms with Crippen molar-refractivity contribution in [2.45, 2.75) is 0 Å². The molecule has 0 aliphatic rings. The van der Waals surface area contributed by atoms with Crippen LogP contribution in [0.5, 0.6) is 0 Å². The highest BCUT2D eigenvalue weighted by molar-refractivity contribution is 6.27. The van der Waals surface area contributed by atoms with Gasteiger partial charge >= 0.3 is 11.9 Å². The Labute approximate surface area is 89.6 Å². The third-order valence-electron chi connectivity index (χ3n) is 1.10. The van der Waals surface area contributed by atoms with Gasteiger partial charge in [-0.05, 0) is 12.1 Å². The number of hydrogen-bond donors (Lipinski definition) is 3. The maximum atomic E-state index is 10.4. The number of hydrogen-bond acceptors (Lipinski definition) is 4. The van der Waals surface area contributed by atoms with Gasteiger partial charge in [0.1, 0.15) is 5.69 Å². The molecule has 16 heavy (non-hydrogen) atoms. The molecule has 8 nitrogen and oxygen atoms in total. The fourth-order valence-corrected chi connectivity index (χ4v) is 0.509. The molecule has 0 saturated heterocycles. The summed E-state index contributed by atoms with van der Waals surface area (Å²) in [6, 6.07) is 5.02. The van der Waals surface area contributed by atoms with Crippen LogP contribution in [0.1, 0.15) is 10.5 Å². The molecule has 6 N–H and O–H groups in total. The number of carbonyl (C=O) groups is 3. The summed E-state index contributed by atoms with van der Waals surface area (Å²) in [4.78, 5) is 32.3. The molecule has 0 fully saturated rings. The van der Waals surface area contributed by atoms with Gasteiger partial charge in [0.15, 0.2) is 0 Å². The minimum atomic E-state index is -1.82. The number of aromatic nitrogens is 1. The van der Waals surface area contributed by atoms with Crippen LogP contribution in [0, 0.1) is 0 Å². The minimum absolute atomic E-state index is 0. The zero-order valence-corrected chi connectivity index (χ0v) is 7.95. The third-order valence-corrected chi connectivity index (χ3v) is 1.10. The van der Waals surface area contributed by atoms with Gasteiger partial charge in [-0.15, -0.1) is 0 Å². The Morgan fingerprint density at radius 1 is 1.12 bits per heavy atom. The van der Waals surface area contributed by atoms with Crippen molar-refractivity contribution in [1.29, 1.82) is 0 Å². The largest absolute Gasteiger partial charge is 0.473 e. The van der Waals surface area contributed by atoms with E-state index in [2.05, 4.69) is 4.98 Å². The molecule has 0 unspecified atom stereocenters. The quantitative estimate of drug-likeness (QED) is 0.497. The van der Waals surface area contributed by atoms with Crippen LogP contribution < -0.4 is 5.73 Å². The van der Waals surface area contributed by atoms with E-state index in [1.54, 1.807) is 18.2 Å². The van der Waals surface area contributed by atoms with Crippen molar-refractivity contribution >= 4 is 17.8 Å². The maximum Gasteiger partial charge on any atom is 0.414 e. The highest BCUT2D eigenvalue weighted by Crippen LogP contribution is 1.88. The third kappa shape index (κ3) is 6.97. The van der Waals surface area contributed by atoms with Crippen LogP contribution in [0.15, 0.2) is 24.4 Å². The highest BCUT2D eigenvalue weighted by Gasteiger charge is 2.04. The Kier molecular flexibility index (Phi) is 7.87. The second-order valence-corrected chi connectivity index (χ2v) is 2.19. The minimum Gasteiger partial charge on any atom is -0.473 e. The molecule has 0 atom stereocenters. The van der Waals surface area contributed by atoms with E-state index in [-0.39, 0.29) is 5.48 Å². The Balaban J connectivity index is 0. The number of nitrogens with two attached hydrogens (primary N) is 1. The zero-order chi connectivity index (χ0) is 11.8. The molecule has 0 aliphatic carbocycles. The smallest absolute Gasteiger partial charge is 0.414 e. The number of rotatable bonds is 1. The first-order valence-corrected chi connectivity index (χ1v) is 3.62. The summed E-state index contributed by atoms with van der Waals surface area (Å²) in [7, 11) is 0. The number of nitrogens with zero attached hydrogens (tertiary/aromatic N) is 1. The first-order chi connectivity index (χ1) is 6.95. The molecule has 1 amide bonds. The molecule has 0 aromatic carbocycles. The van der Waals surface area contributed by atoms with Crippen molar-refractivity contribution in [2.75, 3.05) is 0 Å². The predicted molar refractivity (Wildman–Crippen MR) is 51.6 cm³/mol. The Hall–Kier alpha value is -2.48. The summed E-state index contributed by atoms with van der Waals surface area (Å²) in [5.74, 6) is -4.14. The van der Waals surface area contributed by atoms with Gasteiger partial charge < -0.3 is 21.4 Å². The summed E-state index contributed by atoms with van der Waals surface area (Å²) >= 11 is 0. The molecule has 8 heteroatoms. The van der Waals surface area contributed by atoms with Crippen LogP contribution in [0.25, 0.3) is 0 Å². The molecule has 0 spiro atoms. The van der Waals surface area contributed by atoms with Gasteiger partial charge in [0, 0.05) is 6.20 Å². The molecule has 1 rings (SSSR count). The van der Waals surface area contributed by atoms with Gasteiger partial charge in [-0.3, -0.25) is 9.78 Å². The van der Waals surface area contributed by atoms with Gasteiger partial charge in [-0.2, -0.15) is 0 Å². The average Bonchev–Trinajstić information content (AvgIpc) is 2.20. The van der Waals surface area contributed by atoms with Crippen molar-refractivity contribution in [3.63, 3.8) is 0 Å². The molecule has 1 aromatic rings. The predicted octanol–water partition coefficient (Wildman–Crippen LogP) is -1.49. The Morgan fingerprint density at radius 3 is 1.81 bits per heavy atom. The molecule has 1 aromatic heterocycles. The van der Waals surface area contributed by atoms with Crippen LogP contribution in [0.3, 0.4) is 0 Å². The second-order valence-electron chi connectivity index (χ2n) is 2.19. The lowest BCUT2D eigenvalue weighted by molar-refractivity contribution is -0.159. The lowest BCUT2D eigenvalue weighted by Gasteiger charge is -1.88. The van der Waals surface area contributed by atoms with Crippen LogP contribution in [0.2, 0.25) is 0 Å². The molecular weight excluding hydrogens is 220 g/mol. The molecule has 0 bridgehead atoms. The number of amides is 1. The van der Waals surface area contributed by atoms with E-state index in [4.69, 9.17) is 25.5 Å². The summed E-state index contributed by atoms with van der Waals surface area (Å²) in [5, 5.41) is 14.8.